The Morgan fingerprint density at radius 2 is 2.25 bits per heavy atom. The third-order valence-electron chi connectivity index (χ3n) is 4.23. The lowest BCUT2D eigenvalue weighted by Crippen LogP contribution is -2.40. The van der Waals surface area contributed by atoms with Crippen molar-refractivity contribution in [2.75, 3.05) is 13.1 Å². The Labute approximate surface area is 120 Å². The van der Waals surface area contributed by atoms with E-state index in [1.807, 2.05) is 12.1 Å². The van der Waals surface area contributed by atoms with Gasteiger partial charge in [0.2, 0.25) is 0 Å². The molecule has 0 aromatic carbocycles. The van der Waals surface area contributed by atoms with Gasteiger partial charge in [0.25, 0.3) is 0 Å². The summed E-state index contributed by atoms with van der Waals surface area (Å²) in [5.74, 6) is 0. The van der Waals surface area contributed by atoms with Crippen molar-refractivity contribution in [3.05, 3.63) is 36.3 Å². The van der Waals surface area contributed by atoms with Crippen LogP contribution in [0.15, 0.2) is 30.6 Å². The number of aromatic nitrogens is 2. The molecule has 1 aliphatic heterocycles. The minimum absolute atomic E-state index is 0.189. The highest BCUT2D eigenvalue weighted by Gasteiger charge is 2.30. The van der Waals surface area contributed by atoms with Gasteiger partial charge in [-0.05, 0) is 44.5 Å². The van der Waals surface area contributed by atoms with Gasteiger partial charge in [0.15, 0.2) is 0 Å². The van der Waals surface area contributed by atoms with Gasteiger partial charge in [0, 0.05) is 18.4 Å². The number of hydrogen-bond donors (Lipinski definition) is 1. The minimum Gasteiger partial charge on any atom is -0.326 e. The molecule has 1 aliphatic rings. The number of pyridine rings is 1. The molecule has 2 N–H and O–H groups in total. The summed E-state index contributed by atoms with van der Waals surface area (Å²) in [5.41, 5.74) is 8.60. The van der Waals surface area contributed by atoms with Crippen molar-refractivity contribution >= 4 is 5.65 Å². The van der Waals surface area contributed by atoms with E-state index in [-0.39, 0.29) is 12.1 Å². The van der Waals surface area contributed by atoms with Crippen molar-refractivity contribution in [3.8, 4) is 0 Å². The number of imidazole rings is 1. The van der Waals surface area contributed by atoms with Gasteiger partial charge in [-0.15, -0.1) is 0 Å². The van der Waals surface area contributed by atoms with Crippen molar-refractivity contribution < 1.29 is 0 Å². The van der Waals surface area contributed by atoms with E-state index in [9.17, 15) is 0 Å². The SMILES string of the molecule is CCCN1CCCCC(N)C1c1cn2ccccc2n1. The molecule has 0 bridgehead atoms. The quantitative estimate of drug-likeness (QED) is 0.934. The van der Waals surface area contributed by atoms with E-state index in [0.717, 1.165) is 37.3 Å². The fourth-order valence-electron chi connectivity index (χ4n) is 3.30. The molecule has 2 aromatic rings. The van der Waals surface area contributed by atoms with Crippen molar-refractivity contribution in [3.63, 3.8) is 0 Å². The van der Waals surface area contributed by atoms with Crippen molar-refractivity contribution in [1.82, 2.24) is 14.3 Å². The maximum Gasteiger partial charge on any atom is 0.137 e. The topological polar surface area (TPSA) is 46.6 Å². The molecular formula is C16H24N4. The van der Waals surface area contributed by atoms with Crippen LogP contribution in [0.5, 0.6) is 0 Å². The van der Waals surface area contributed by atoms with Gasteiger partial charge >= 0.3 is 0 Å². The zero-order valence-electron chi connectivity index (χ0n) is 12.2. The first-order valence-corrected chi connectivity index (χ1v) is 7.73. The number of rotatable bonds is 3. The second-order valence-electron chi connectivity index (χ2n) is 5.77. The highest BCUT2D eigenvalue weighted by atomic mass is 15.2. The van der Waals surface area contributed by atoms with Gasteiger partial charge in [0.05, 0.1) is 11.7 Å². The number of nitrogens with two attached hydrogens (primary N) is 1. The van der Waals surface area contributed by atoms with E-state index >= 15 is 0 Å². The molecule has 1 saturated heterocycles. The summed E-state index contributed by atoms with van der Waals surface area (Å²) in [4.78, 5) is 7.33. The molecule has 0 spiro atoms. The third kappa shape index (κ3) is 2.58. The van der Waals surface area contributed by atoms with Crippen LogP contribution >= 0.6 is 0 Å². The highest BCUT2D eigenvalue weighted by molar-refractivity contribution is 5.40. The molecule has 3 heterocycles. The van der Waals surface area contributed by atoms with Crippen LogP contribution in [0.1, 0.15) is 44.3 Å². The molecule has 2 aromatic heterocycles. The molecule has 4 heteroatoms. The predicted molar refractivity (Wildman–Crippen MR) is 81.6 cm³/mol. The number of likely N-dealkylation sites (tertiary alicyclic amines) is 1. The Morgan fingerprint density at radius 1 is 1.35 bits per heavy atom. The molecule has 3 rings (SSSR count). The van der Waals surface area contributed by atoms with Crippen LogP contribution in [-0.4, -0.2) is 33.4 Å². The molecule has 2 unspecified atom stereocenters. The standard InChI is InChI=1S/C16H24N4/c1-2-9-19-10-5-3-7-13(17)16(19)14-12-20-11-6-4-8-15(20)18-14/h4,6,8,11-13,16H,2-3,5,7,9-10,17H2,1H3. The van der Waals surface area contributed by atoms with Crippen LogP contribution in [0, 0.1) is 0 Å². The van der Waals surface area contributed by atoms with Gasteiger partial charge in [-0.1, -0.05) is 19.4 Å². The first-order valence-electron chi connectivity index (χ1n) is 7.73. The van der Waals surface area contributed by atoms with E-state index in [2.05, 4.69) is 34.7 Å². The van der Waals surface area contributed by atoms with Gasteiger partial charge in [-0.2, -0.15) is 0 Å². The van der Waals surface area contributed by atoms with Crippen molar-refractivity contribution in [2.45, 2.75) is 44.7 Å². The second-order valence-corrected chi connectivity index (χ2v) is 5.77. The highest BCUT2D eigenvalue weighted by Crippen LogP contribution is 2.29. The van der Waals surface area contributed by atoms with Crippen LogP contribution in [-0.2, 0) is 0 Å². The fraction of sp³-hybridized carbons (Fsp3) is 0.562. The summed E-state index contributed by atoms with van der Waals surface area (Å²) in [6.45, 7) is 4.48. The molecular weight excluding hydrogens is 248 g/mol. The van der Waals surface area contributed by atoms with Crippen LogP contribution in [0.25, 0.3) is 5.65 Å². The van der Waals surface area contributed by atoms with E-state index in [1.54, 1.807) is 0 Å². The zero-order chi connectivity index (χ0) is 13.9. The summed E-state index contributed by atoms with van der Waals surface area (Å²) < 4.78 is 2.09. The van der Waals surface area contributed by atoms with Crippen molar-refractivity contribution in [2.24, 2.45) is 5.73 Å². The molecule has 1 fully saturated rings. The van der Waals surface area contributed by atoms with Gasteiger partial charge in [0.1, 0.15) is 5.65 Å². The lowest BCUT2D eigenvalue weighted by molar-refractivity contribution is 0.182. The first kappa shape index (κ1) is 13.6. The maximum atomic E-state index is 6.46. The summed E-state index contributed by atoms with van der Waals surface area (Å²) in [5, 5.41) is 0. The lowest BCUT2D eigenvalue weighted by atomic mass is 10.0. The van der Waals surface area contributed by atoms with Crippen LogP contribution in [0.4, 0.5) is 0 Å². The summed E-state index contributed by atoms with van der Waals surface area (Å²) in [6, 6.07) is 6.57. The fourth-order valence-corrected chi connectivity index (χ4v) is 3.30. The Balaban J connectivity index is 1.97. The number of fused-ring (bicyclic) bond motifs is 1. The predicted octanol–water partition coefficient (Wildman–Crippen LogP) is 2.60. The van der Waals surface area contributed by atoms with Crippen LogP contribution < -0.4 is 5.73 Å². The third-order valence-corrected chi connectivity index (χ3v) is 4.23. The molecule has 0 radical (unpaired) electrons. The number of nitrogens with zero attached hydrogens (tertiary/aromatic N) is 3. The first-order chi connectivity index (χ1) is 9.79. The average molecular weight is 272 g/mol. The Kier molecular flexibility index (Phi) is 4.03. The molecule has 0 saturated carbocycles. The van der Waals surface area contributed by atoms with Crippen molar-refractivity contribution in [1.29, 1.82) is 0 Å². The van der Waals surface area contributed by atoms with E-state index in [1.165, 1.54) is 12.8 Å². The van der Waals surface area contributed by atoms with E-state index in [4.69, 9.17) is 10.7 Å². The average Bonchev–Trinajstić information content (AvgIpc) is 2.78. The summed E-state index contributed by atoms with van der Waals surface area (Å²) in [6.07, 6.45) is 8.93. The molecule has 108 valence electrons. The normalized spacial score (nSPS) is 24.9. The second kappa shape index (κ2) is 5.94. The Hall–Kier alpha value is -1.39. The van der Waals surface area contributed by atoms with E-state index in [0.29, 0.717) is 0 Å². The summed E-state index contributed by atoms with van der Waals surface area (Å²) in [7, 11) is 0. The Morgan fingerprint density at radius 3 is 3.05 bits per heavy atom. The molecule has 4 nitrogen and oxygen atoms in total. The van der Waals surface area contributed by atoms with Gasteiger partial charge < -0.3 is 10.1 Å². The Bertz CT molecular complexity index is 529. The minimum atomic E-state index is 0.189. The molecule has 20 heavy (non-hydrogen) atoms. The molecule has 0 amide bonds. The number of hydrogen-bond acceptors (Lipinski definition) is 3. The van der Waals surface area contributed by atoms with E-state index < -0.39 is 0 Å². The van der Waals surface area contributed by atoms with Gasteiger partial charge in [-0.3, -0.25) is 4.90 Å². The zero-order valence-corrected chi connectivity index (χ0v) is 12.2. The summed E-state index contributed by atoms with van der Waals surface area (Å²) >= 11 is 0. The largest absolute Gasteiger partial charge is 0.326 e. The smallest absolute Gasteiger partial charge is 0.137 e. The maximum absolute atomic E-state index is 6.46. The van der Waals surface area contributed by atoms with Gasteiger partial charge in [-0.25, -0.2) is 4.98 Å². The van der Waals surface area contributed by atoms with Crippen LogP contribution in [0.3, 0.4) is 0 Å². The lowest BCUT2D eigenvalue weighted by Gasteiger charge is -2.31. The van der Waals surface area contributed by atoms with Crippen LogP contribution in [0.2, 0.25) is 0 Å². The molecule has 2 atom stereocenters. The molecule has 0 aliphatic carbocycles. The monoisotopic (exact) mass is 272 g/mol.